The molecule has 0 amide bonds. The van der Waals surface area contributed by atoms with Crippen molar-refractivity contribution in [1.29, 1.82) is 0 Å². The molecule has 1 fully saturated rings. The smallest absolute Gasteiger partial charge is 0.191 e. The summed E-state index contributed by atoms with van der Waals surface area (Å²) in [5.41, 5.74) is 0. The highest BCUT2D eigenvalue weighted by Gasteiger charge is 2.20. The van der Waals surface area contributed by atoms with Gasteiger partial charge in [0.25, 0.3) is 0 Å². The Morgan fingerprint density at radius 3 is 2.65 bits per heavy atom. The van der Waals surface area contributed by atoms with Gasteiger partial charge in [-0.3, -0.25) is 9.89 Å². The van der Waals surface area contributed by atoms with Crippen LogP contribution in [0.3, 0.4) is 0 Å². The molecule has 1 aromatic heterocycles. The standard InChI is InChI=1S/C14H25N5O2S2/c1-12-11-18-13(22-12)3-4-16-14(15-2)17-5-6-19-7-9-23(20,21)10-8-19/h11H,3-10H2,1-2H3,(H2,15,16,17). The van der Waals surface area contributed by atoms with Gasteiger partial charge in [0.05, 0.1) is 16.5 Å². The predicted octanol–water partition coefficient (Wildman–Crippen LogP) is -0.111. The Morgan fingerprint density at radius 2 is 2.04 bits per heavy atom. The molecule has 0 bridgehead atoms. The minimum atomic E-state index is -2.80. The summed E-state index contributed by atoms with van der Waals surface area (Å²) in [5.74, 6) is 1.31. The molecule has 130 valence electrons. The summed E-state index contributed by atoms with van der Waals surface area (Å²) in [5, 5.41) is 7.65. The fourth-order valence-electron chi connectivity index (χ4n) is 2.33. The second-order valence-electron chi connectivity index (χ2n) is 5.53. The molecule has 0 aliphatic carbocycles. The molecule has 1 aliphatic rings. The van der Waals surface area contributed by atoms with Crippen molar-refractivity contribution in [3.05, 3.63) is 16.1 Å². The van der Waals surface area contributed by atoms with E-state index in [-0.39, 0.29) is 11.5 Å². The van der Waals surface area contributed by atoms with E-state index in [1.807, 2.05) is 6.20 Å². The number of aromatic nitrogens is 1. The SMILES string of the molecule is CN=C(NCCc1ncc(C)s1)NCCN1CCS(=O)(=O)CC1. The molecule has 23 heavy (non-hydrogen) atoms. The largest absolute Gasteiger partial charge is 0.356 e. The average Bonchev–Trinajstić information content (AvgIpc) is 2.93. The van der Waals surface area contributed by atoms with Crippen LogP contribution in [0.4, 0.5) is 0 Å². The Labute approximate surface area is 142 Å². The van der Waals surface area contributed by atoms with E-state index < -0.39 is 9.84 Å². The van der Waals surface area contributed by atoms with Gasteiger partial charge in [0, 0.05) is 57.3 Å². The van der Waals surface area contributed by atoms with Crippen LogP contribution in [0, 0.1) is 6.92 Å². The number of nitrogens with one attached hydrogen (secondary N) is 2. The molecule has 0 saturated carbocycles. The molecule has 1 saturated heterocycles. The molecule has 0 unspecified atom stereocenters. The molecular formula is C14H25N5O2S2. The Morgan fingerprint density at radius 1 is 1.35 bits per heavy atom. The number of thiazole rings is 1. The highest BCUT2D eigenvalue weighted by atomic mass is 32.2. The van der Waals surface area contributed by atoms with Crippen molar-refractivity contribution in [2.45, 2.75) is 13.3 Å². The van der Waals surface area contributed by atoms with Gasteiger partial charge in [-0.25, -0.2) is 13.4 Å². The predicted molar refractivity (Wildman–Crippen MR) is 95.0 cm³/mol. The van der Waals surface area contributed by atoms with Gasteiger partial charge in [0.2, 0.25) is 0 Å². The Bertz CT molecular complexity index is 613. The van der Waals surface area contributed by atoms with E-state index in [0.29, 0.717) is 13.1 Å². The first-order chi connectivity index (χ1) is 11.0. The Balaban J connectivity index is 1.61. The molecule has 9 heteroatoms. The summed E-state index contributed by atoms with van der Waals surface area (Å²) >= 11 is 1.72. The second kappa shape index (κ2) is 8.60. The van der Waals surface area contributed by atoms with Crippen molar-refractivity contribution in [3.8, 4) is 0 Å². The number of sulfone groups is 1. The van der Waals surface area contributed by atoms with E-state index in [2.05, 4.69) is 32.4 Å². The highest BCUT2D eigenvalue weighted by Crippen LogP contribution is 2.10. The third kappa shape index (κ3) is 6.44. The van der Waals surface area contributed by atoms with Gasteiger partial charge < -0.3 is 10.6 Å². The highest BCUT2D eigenvalue weighted by molar-refractivity contribution is 7.91. The molecule has 0 atom stereocenters. The molecule has 0 radical (unpaired) electrons. The van der Waals surface area contributed by atoms with Crippen LogP contribution in [0.15, 0.2) is 11.2 Å². The maximum absolute atomic E-state index is 11.4. The summed E-state index contributed by atoms with van der Waals surface area (Å²) in [6.07, 6.45) is 2.77. The van der Waals surface area contributed by atoms with Gasteiger partial charge >= 0.3 is 0 Å². The maximum Gasteiger partial charge on any atom is 0.191 e. The lowest BCUT2D eigenvalue weighted by molar-refractivity contribution is 0.299. The van der Waals surface area contributed by atoms with E-state index in [1.54, 1.807) is 18.4 Å². The number of guanidine groups is 1. The molecule has 1 aliphatic heterocycles. The van der Waals surface area contributed by atoms with Gasteiger partial charge in [0.1, 0.15) is 0 Å². The number of nitrogens with zero attached hydrogens (tertiary/aromatic N) is 3. The van der Waals surface area contributed by atoms with E-state index in [1.165, 1.54) is 4.88 Å². The second-order valence-corrected chi connectivity index (χ2v) is 9.16. The third-order valence-corrected chi connectivity index (χ3v) is 6.26. The summed E-state index contributed by atoms with van der Waals surface area (Å²) in [6, 6.07) is 0. The van der Waals surface area contributed by atoms with Crippen molar-refractivity contribution >= 4 is 27.1 Å². The minimum absolute atomic E-state index is 0.271. The monoisotopic (exact) mass is 359 g/mol. The van der Waals surface area contributed by atoms with E-state index in [0.717, 1.165) is 37.0 Å². The normalized spacial score (nSPS) is 18.8. The summed E-state index contributed by atoms with van der Waals surface area (Å²) in [6.45, 7) is 5.66. The third-order valence-electron chi connectivity index (χ3n) is 3.68. The number of hydrogen-bond acceptors (Lipinski definition) is 6. The van der Waals surface area contributed by atoms with E-state index in [9.17, 15) is 8.42 Å². The fraction of sp³-hybridized carbons (Fsp3) is 0.714. The fourth-order valence-corrected chi connectivity index (χ4v) is 4.40. The summed E-state index contributed by atoms with van der Waals surface area (Å²) in [4.78, 5) is 11.9. The zero-order valence-electron chi connectivity index (χ0n) is 13.7. The Hall–Kier alpha value is -1.19. The summed E-state index contributed by atoms with van der Waals surface area (Å²) in [7, 11) is -1.06. The zero-order chi connectivity index (χ0) is 16.7. The first-order valence-electron chi connectivity index (χ1n) is 7.77. The van der Waals surface area contributed by atoms with Crippen LogP contribution >= 0.6 is 11.3 Å². The molecule has 0 aromatic carbocycles. The molecule has 2 N–H and O–H groups in total. The van der Waals surface area contributed by atoms with Crippen molar-refractivity contribution in [3.63, 3.8) is 0 Å². The molecule has 2 rings (SSSR count). The van der Waals surface area contributed by atoms with Crippen LogP contribution < -0.4 is 10.6 Å². The van der Waals surface area contributed by atoms with Gasteiger partial charge in [-0.1, -0.05) is 0 Å². The molecule has 2 heterocycles. The van der Waals surface area contributed by atoms with Gasteiger partial charge in [-0.15, -0.1) is 11.3 Å². The lowest BCUT2D eigenvalue weighted by atomic mass is 10.4. The van der Waals surface area contributed by atoms with Gasteiger partial charge in [0.15, 0.2) is 15.8 Å². The van der Waals surface area contributed by atoms with Crippen molar-refractivity contribution < 1.29 is 8.42 Å². The average molecular weight is 360 g/mol. The van der Waals surface area contributed by atoms with E-state index in [4.69, 9.17) is 0 Å². The number of aliphatic imine (C=N–C) groups is 1. The van der Waals surface area contributed by atoms with Crippen LogP contribution in [0.25, 0.3) is 0 Å². The Kier molecular flexibility index (Phi) is 6.79. The first-order valence-corrected chi connectivity index (χ1v) is 10.4. The van der Waals surface area contributed by atoms with Gasteiger partial charge in [-0.2, -0.15) is 0 Å². The van der Waals surface area contributed by atoms with Crippen molar-refractivity contribution in [2.75, 3.05) is 51.3 Å². The van der Waals surface area contributed by atoms with Crippen LogP contribution in [0.2, 0.25) is 0 Å². The number of aryl methyl sites for hydroxylation is 1. The molecule has 0 spiro atoms. The van der Waals surface area contributed by atoms with Crippen molar-refractivity contribution in [2.24, 2.45) is 4.99 Å². The molecule has 7 nitrogen and oxygen atoms in total. The quantitative estimate of drug-likeness (QED) is 0.544. The van der Waals surface area contributed by atoms with Crippen molar-refractivity contribution in [1.82, 2.24) is 20.5 Å². The summed E-state index contributed by atoms with van der Waals surface area (Å²) < 4.78 is 22.8. The number of hydrogen-bond donors (Lipinski definition) is 2. The lowest BCUT2D eigenvalue weighted by Crippen LogP contribution is -2.46. The lowest BCUT2D eigenvalue weighted by Gasteiger charge is -2.26. The van der Waals surface area contributed by atoms with Crippen LogP contribution in [-0.4, -0.2) is 75.5 Å². The molecular weight excluding hydrogens is 334 g/mol. The van der Waals surface area contributed by atoms with Crippen LogP contribution in [0.5, 0.6) is 0 Å². The maximum atomic E-state index is 11.4. The van der Waals surface area contributed by atoms with Crippen LogP contribution in [-0.2, 0) is 16.3 Å². The van der Waals surface area contributed by atoms with E-state index >= 15 is 0 Å². The van der Waals surface area contributed by atoms with Gasteiger partial charge in [-0.05, 0) is 6.92 Å². The topological polar surface area (TPSA) is 86.7 Å². The number of rotatable bonds is 6. The minimum Gasteiger partial charge on any atom is -0.356 e. The molecule has 1 aromatic rings. The van der Waals surface area contributed by atoms with Crippen LogP contribution in [0.1, 0.15) is 9.88 Å². The first kappa shape index (κ1) is 18.2. The zero-order valence-corrected chi connectivity index (χ0v) is 15.3.